The fraction of sp³-hybridized carbons (Fsp3) is 0.414. The SMILES string of the molecule is CC.CN=C(CNC(=O)C(NC(=O)c1nn(Cc2ccc(F)cc2)c2ccccc12)C(C)(C)C)N=C(C)C. The first-order valence-corrected chi connectivity index (χ1v) is 12.8. The van der Waals surface area contributed by atoms with Gasteiger partial charge in [0.25, 0.3) is 5.91 Å². The quantitative estimate of drug-likeness (QED) is 0.337. The Morgan fingerprint density at radius 2 is 1.68 bits per heavy atom. The zero-order valence-electron chi connectivity index (χ0n) is 23.6. The number of fused-ring (bicyclic) bond motifs is 1. The van der Waals surface area contributed by atoms with Gasteiger partial charge in [-0.05, 0) is 43.0 Å². The molecular formula is C29H39FN6O2. The average molecular weight is 523 g/mol. The number of carbonyl (C=O) groups is 2. The molecule has 2 N–H and O–H groups in total. The Labute approximate surface area is 224 Å². The number of hydrogen-bond donors (Lipinski definition) is 2. The van der Waals surface area contributed by atoms with Gasteiger partial charge in [0.1, 0.15) is 17.7 Å². The van der Waals surface area contributed by atoms with Crippen molar-refractivity contribution in [3.05, 3.63) is 65.6 Å². The first kappa shape index (κ1) is 30.3. The Morgan fingerprint density at radius 1 is 1.05 bits per heavy atom. The molecule has 3 aromatic rings. The van der Waals surface area contributed by atoms with E-state index in [9.17, 15) is 14.0 Å². The van der Waals surface area contributed by atoms with Gasteiger partial charge < -0.3 is 10.6 Å². The van der Waals surface area contributed by atoms with Crippen molar-refractivity contribution in [1.29, 1.82) is 0 Å². The second-order valence-electron chi connectivity index (χ2n) is 9.84. The van der Waals surface area contributed by atoms with E-state index in [0.717, 1.165) is 16.8 Å². The van der Waals surface area contributed by atoms with Gasteiger partial charge in [0.15, 0.2) is 5.69 Å². The molecule has 204 valence electrons. The van der Waals surface area contributed by atoms with Crippen LogP contribution in [-0.4, -0.2) is 52.8 Å². The smallest absolute Gasteiger partial charge is 0.273 e. The maximum absolute atomic E-state index is 13.4. The van der Waals surface area contributed by atoms with Crippen LogP contribution in [-0.2, 0) is 11.3 Å². The fourth-order valence-corrected chi connectivity index (χ4v) is 3.75. The fourth-order valence-electron chi connectivity index (χ4n) is 3.75. The van der Waals surface area contributed by atoms with Crippen LogP contribution in [0.5, 0.6) is 0 Å². The predicted octanol–water partition coefficient (Wildman–Crippen LogP) is 5.02. The number of rotatable bonds is 7. The molecule has 1 atom stereocenters. The van der Waals surface area contributed by atoms with E-state index in [1.54, 1.807) is 23.9 Å². The molecule has 0 radical (unpaired) electrons. The van der Waals surface area contributed by atoms with Gasteiger partial charge in [0, 0.05) is 18.1 Å². The number of para-hydroxylation sites is 1. The number of hydrogen-bond acceptors (Lipinski definition) is 4. The molecule has 1 aromatic heterocycles. The molecule has 0 fully saturated rings. The summed E-state index contributed by atoms with van der Waals surface area (Å²) in [7, 11) is 1.62. The first-order valence-electron chi connectivity index (χ1n) is 12.8. The van der Waals surface area contributed by atoms with Crippen molar-refractivity contribution in [3.8, 4) is 0 Å². The number of nitrogens with zero attached hydrogens (tertiary/aromatic N) is 4. The van der Waals surface area contributed by atoms with E-state index in [-0.39, 0.29) is 24.0 Å². The van der Waals surface area contributed by atoms with Crippen LogP contribution in [0.4, 0.5) is 4.39 Å². The van der Waals surface area contributed by atoms with Crippen molar-refractivity contribution in [1.82, 2.24) is 20.4 Å². The largest absolute Gasteiger partial charge is 0.347 e. The van der Waals surface area contributed by atoms with E-state index in [2.05, 4.69) is 25.7 Å². The number of benzene rings is 2. The zero-order valence-corrected chi connectivity index (χ0v) is 23.6. The molecular weight excluding hydrogens is 483 g/mol. The summed E-state index contributed by atoms with van der Waals surface area (Å²) < 4.78 is 15.0. The second-order valence-corrected chi connectivity index (χ2v) is 9.84. The monoisotopic (exact) mass is 522 g/mol. The van der Waals surface area contributed by atoms with Crippen molar-refractivity contribution in [2.24, 2.45) is 15.4 Å². The lowest BCUT2D eigenvalue weighted by Crippen LogP contribution is -2.54. The highest BCUT2D eigenvalue weighted by Gasteiger charge is 2.34. The first-order chi connectivity index (χ1) is 18.0. The van der Waals surface area contributed by atoms with Crippen LogP contribution < -0.4 is 10.6 Å². The van der Waals surface area contributed by atoms with Gasteiger partial charge >= 0.3 is 0 Å². The molecule has 0 aliphatic carbocycles. The second kappa shape index (κ2) is 13.6. The molecule has 0 saturated heterocycles. The number of halogens is 1. The van der Waals surface area contributed by atoms with E-state index < -0.39 is 17.4 Å². The Hall–Kier alpha value is -3.88. The summed E-state index contributed by atoms with van der Waals surface area (Å²) in [6.07, 6.45) is 0. The molecule has 2 amide bonds. The van der Waals surface area contributed by atoms with Gasteiger partial charge in [-0.1, -0.05) is 65.0 Å². The van der Waals surface area contributed by atoms with Gasteiger partial charge in [0.05, 0.1) is 18.6 Å². The van der Waals surface area contributed by atoms with E-state index in [4.69, 9.17) is 0 Å². The summed E-state index contributed by atoms with van der Waals surface area (Å²) in [6, 6.07) is 12.7. The highest BCUT2D eigenvalue weighted by atomic mass is 19.1. The molecule has 0 aliphatic heterocycles. The van der Waals surface area contributed by atoms with E-state index in [0.29, 0.717) is 17.8 Å². The van der Waals surface area contributed by atoms with Crippen LogP contribution in [0.1, 0.15) is 64.5 Å². The van der Waals surface area contributed by atoms with Crippen molar-refractivity contribution in [2.75, 3.05) is 13.6 Å². The lowest BCUT2D eigenvalue weighted by molar-refractivity contribution is -0.125. The minimum atomic E-state index is -0.823. The Morgan fingerprint density at radius 3 is 2.26 bits per heavy atom. The minimum absolute atomic E-state index is 0.151. The van der Waals surface area contributed by atoms with Crippen molar-refractivity contribution in [3.63, 3.8) is 0 Å². The van der Waals surface area contributed by atoms with Crippen molar-refractivity contribution < 1.29 is 14.0 Å². The normalized spacial score (nSPS) is 12.3. The van der Waals surface area contributed by atoms with E-state index >= 15 is 0 Å². The van der Waals surface area contributed by atoms with Gasteiger partial charge in [-0.3, -0.25) is 19.3 Å². The topological polar surface area (TPSA) is 101 Å². The highest BCUT2D eigenvalue weighted by molar-refractivity contribution is 6.06. The van der Waals surface area contributed by atoms with Crippen LogP contribution in [0.25, 0.3) is 10.9 Å². The number of aliphatic imine (C=N–C) groups is 2. The van der Waals surface area contributed by atoms with Crippen molar-refractivity contribution in [2.45, 2.75) is 61.1 Å². The van der Waals surface area contributed by atoms with Gasteiger partial charge in [-0.2, -0.15) is 5.10 Å². The third-order valence-electron chi connectivity index (χ3n) is 5.55. The Balaban J connectivity index is 0.00000247. The lowest BCUT2D eigenvalue weighted by atomic mass is 9.86. The number of nitrogens with one attached hydrogen (secondary N) is 2. The van der Waals surface area contributed by atoms with Crippen LogP contribution >= 0.6 is 0 Å². The van der Waals surface area contributed by atoms with Crippen molar-refractivity contribution >= 4 is 34.3 Å². The maximum Gasteiger partial charge on any atom is 0.273 e. The molecule has 3 rings (SSSR count). The summed E-state index contributed by atoms with van der Waals surface area (Å²) in [6.45, 7) is 13.9. The van der Waals surface area contributed by atoms with Crippen LogP contribution in [0.2, 0.25) is 0 Å². The molecule has 0 aliphatic rings. The number of amides is 2. The van der Waals surface area contributed by atoms with Gasteiger partial charge in [0.2, 0.25) is 5.91 Å². The van der Waals surface area contributed by atoms with Crippen LogP contribution in [0.3, 0.4) is 0 Å². The molecule has 0 saturated carbocycles. The number of amidine groups is 1. The summed E-state index contributed by atoms with van der Waals surface area (Å²) >= 11 is 0. The molecule has 8 nitrogen and oxygen atoms in total. The molecule has 0 bridgehead atoms. The highest BCUT2D eigenvalue weighted by Crippen LogP contribution is 2.23. The third-order valence-corrected chi connectivity index (χ3v) is 5.55. The molecule has 2 aromatic carbocycles. The lowest BCUT2D eigenvalue weighted by Gasteiger charge is -2.30. The molecule has 9 heteroatoms. The van der Waals surface area contributed by atoms with Gasteiger partial charge in [-0.25, -0.2) is 9.38 Å². The molecule has 1 unspecified atom stereocenters. The third kappa shape index (κ3) is 8.06. The zero-order chi connectivity index (χ0) is 28.5. The van der Waals surface area contributed by atoms with Gasteiger partial charge in [-0.15, -0.1) is 0 Å². The number of carbonyl (C=O) groups excluding carboxylic acids is 2. The summed E-state index contributed by atoms with van der Waals surface area (Å²) in [5, 5.41) is 10.9. The molecule has 1 heterocycles. The minimum Gasteiger partial charge on any atom is -0.347 e. The summed E-state index contributed by atoms with van der Waals surface area (Å²) in [5.74, 6) is -0.612. The standard InChI is InChI=1S/C27H33FN6O2.C2H6/c1-17(2)31-22(29-6)15-30-26(36)24(27(3,4)5)32-25(35)23-20-9-7-8-10-21(20)34(33-23)16-18-11-13-19(28)14-12-18;1-2/h7-14,24H,15-16H2,1-6H3,(H,30,36)(H,32,35);1-2H3. The molecule has 38 heavy (non-hydrogen) atoms. The average Bonchev–Trinajstić information content (AvgIpc) is 3.25. The number of aromatic nitrogens is 2. The van der Waals surface area contributed by atoms with Crippen LogP contribution in [0.15, 0.2) is 58.5 Å². The van der Waals surface area contributed by atoms with E-state index in [1.807, 2.05) is 72.7 Å². The molecule has 0 spiro atoms. The summed E-state index contributed by atoms with van der Waals surface area (Å²) in [5.41, 5.74) is 2.09. The maximum atomic E-state index is 13.4. The van der Waals surface area contributed by atoms with Crippen LogP contribution in [0, 0.1) is 11.2 Å². The summed E-state index contributed by atoms with van der Waals surface area (Å²) in [4.78, 5) is 34.9. The Kier molecular flexibility index (Phi) is 10.9. The predicted molar refractivity (Wildman–Crippen MR) is 152 cm³/mol. The van der Waals surface area contributed by atoms with E-state index in [1.165, 1.54) is 12.1 Å². The Bertz CT molecular complexity index is 1300.